The highest BCUT2D eigenvalue weighted by Crippen LogP contribution is 2.35. The molecule has 1 aliphatic rings. The van der Waals surface area contributed by atoms with Gasteiger partial charge in [-0.3, -0.25) is 14.5 Å². The second kappa shape index (κ2) is 11.6. The smallest absolute Gasteiger partial charge is 0.266 e. The third-order valence-electron chi connectivity index (χ3n) is 4.31. The lowest BCUT2D eigenvalue weighted by Gasteiger charge is -2.13. The first kappa shape index (κ1) is 25.1. The maximum absolute atomic E-state index is 12.5. The number of amides is 2. The lowest BCUT2D eigenvalue weighted by atomic mass is 10.2. The van der Waals surface area contributed by atoms with E-state index in [0.29, 0.717) is 49.6 Å². The molecule has 2 aromatic rings. The number of carbonyl (C=O) groups is 2. The Morgan fingerprint density at radius 1 is 1.21 bits per heavy atom. The van der Waals surface area contributed by atoms with E-state index in [0.717, 1.165) is 5.56 Å². The predicted octanol–water partition coefficient (Wildman–Crippen LogP) is 5.80. The van der Waals surface area contributed by atoms with Crippen molar-refractivity contribution in [3.05, 3.63) is 69.6 Å². The number of nitrogens with zero attached hydrogens (tertiary/aromatic N) is 1. The average molecular weight is 523 g/mol. The van der Waals surface area contributed by atoms with E-state index in [1.165, 1.54) is 22.7 Å². The Morgan fingerprint density at radius 3 is 2.70 bits per heavy atom. The van der Waals surface area contributed by atoms with E-state index in [1.54, 1.807) is 42.5 Å². The predicted molar refractivity (Wildman–Crippen MR) is 138 cm³/mol. The number of anilines is 1. The Bertz CT molecular complexity index is 1140. The van der Waals surface area contributed by atoms with Gasteiger partial charge in [0.05, 0.1) is 22.2 Å². The van der Waals surface area contributed by atoms with Gasteiger partial charge < -0.3 is 14.8 Å². The summed E-state index contributed by atoms with van der Waals surface area (Å²) in [4.78, 5) is 26.8. The normalized spacial score (nSPS) is 14.5. The minimum atomic E-state index is -0.392. The molecule has 1 aliphatic heterocycles. The van der Waals surface area contributed by atoms with Crippen molar-refractivity contribution in [2.75, 3.05) is 25.1 Å². The van der Waals surface area contributed by atoms with Gasteiger partial charge in [0.1, 0.15) is 4.32 Å². The molecule has 0 aromatic heterocycles. The Morgan fingerprint density at radius 2 is 2.00 bits per heavy atom. The first-order valence-corrected chi connectivity index (χ1v) is 11.8. The fourth-order valence-electron chi connectivity index (χ4n) is 2.86. The van der Waals surface area contributed by atoms with E-state index in [1.807, 2.05) is 6.92 Å². The van der Waals surface area contributed by atoms with Crippen LogP contribution in [-0.4, -0.2) is 40.8 Å². The van der Waals surface area contributed by atoms with Crippen LogP contribution in [0.15, 0.2) is 54.0 Å². The fraction of sp³-hybridized carbons (Fsp3) is 0.174. The number of carbonyl (C=O) groups excluding carboxylic acids is 2. The van der Waals surface area contributed by atoms with Gasteiger partial charge in [0.25, 0.3) is 11.8 Å². The largest absolute Gasteiger partial charge is 0.490 e. The molecule has 0 saturated carbocycles. The molecule has 0 radical (unpaired) electrons. The molecule has 1 saturated heterocycles. The highest BCUT2D eigenvalue weighted by atomic mass is 35.5. The summed E-state index contributed by atoms with van der Waals surface area (Å²) in [6.45, 7) is 6.00. The van der Waals surface area contributed by atoms with Crippen molar-refractivity contribution in [2.24, 2.45) is 0 Å². The summed E-state index contributed by atoms with van der Waals surface area (Å²) >= 11 is 18.5. The Hall–Kier alpha value is -2.52. The molecular weight excluding hydrogens is 503 g/mol. The molecule has 33 heavy (non-hydrogen) atoms. The van der Waals surface area contributed by atoms with Crippen LogP contribution in [-0.2, 0) is 9.59 Å². The monoisotopic (exact) mass is 522 g/mol. The van der Waals surface area contributed by atoms with E-state index >= 15 is 0 Å². The number of halogens is 2. The first-order chi connectivity index (χ1) is 15.8. The van der Waals surface area contributed by atoms with Gasteiger partial charge in [-0.15, -0.1) is 6.58 Å². The molecule has 172 valence electrons. The van der Waals surface area contributed by atoms with Crippen molar-refractivity contribution in [3.63, 3.8) is 0 Å². The highest BCUT2D eigenvalue weighted by molar-refractivity contribution is 8.26. The van der Waals surface area contributed by atoms with Crippen molar-refractivity contribution in [2.45, 2.75) is 6.92 Å². The van der Waals surface area contributed by atoms with Gasteiger partial charge >= 0.3 is 0 Å². The van der Waals surface area contributed by atoms with Gasteiger partial charge in [0.2, 0.25) is 0 Å². The summed E-state index contributed by atoms with van der Waals surface area (Å²) in [7, 11) is 0. The van der Waals surface area contributed by atoms with Crippen LogP contribution >= 0.6 is 47.2 Å². The summed E-state index contributed by atoms with van der Waals surface area (Å²) in [5.74, 6) is 0.285. The van der Waals surface area contributed by atoms with Crippen LogP contribution < -0.4 is 14.8 Å². The summed E-state index contributed by atoms with van der Waals surface area (Å²) < 4.78 is 11.8. The van der Waals surface area contributed by atoms with Crippen molar-refractivity contribution < 1.29 is 19.1 Å². The van der Waals surface area contributed by atoms with Gasteiger partial charge in [-0.25, -0.2) is 0 Å². The SMILES string of the molecule is C=CCN1C(=O)/C(=C/c2ccc(OCC(=O)Nc3ccc(Cl)cc3Cl)c(OCC)c2)SC1=S. The van der Waals surface area contributed by atoms with Crippen LogP contribution in [0.4, 0.5) is 5.69 Å². The minimum Gasteiger partial charge on any atom is -0.490 e. The highest BCUT2D eigenvalue weighted by Gasteiger charge is 2.31. The third-order valence-corrected chi connectivity index (χ3v) is 6.24. The van der Waals surface area contributed by atoms with E-state index in [9.17, 15) is 9.59 Å². The number of nitrogens with one attached hydrogen (secondary N) is 1. The van der Waals surface area contributed by atoms with Crippen molar-refractivity contribution >= 4 is 75.1 Å². The Kier molecular flexibility index (Phi) is 8.80. The van der Waals surface area contributed by atoms with Gasteiger partial charge in [0.15, 0.2) is 18.1 Å². The van der Waals surface area contributed by atoms with E-state index in [2.05, 4.69) is 11.9 Å². The molecule has 2 amide bonds. The molecule has 2 aromatic carbocycles. The Labute approximate surface area is 211 Å². The van der Waals surface area contributed by atoms with Crippen LogP contribution in [0.25, 0.3) is 6.08 Å². The number of thiocarbonyl (C=S) groups is 1. The van der Waals surface area contributed by atoms with Crippen LogP contribution in [0.2, 0.25) is 10.0 Å². The van der Waals surface area contributed by atoms with Gasteiger partial charge in [-0.1, -0.05) is 59.3 Å². The lowest BCUT2D eigenvalue weighted by molar-refractivity contribution is -0.121. The standard InChI is InChI=1S/C23H20Cl2N2O4S2/c1-3-9-27-22(29)20(33-23(27)32)11-14-5-8-18(19(10-14)30-4-2)31-13-21(28)26-17-7-6-15(24)12-16(17)25/h3,5-8,10-12H,1,4,9,13H2,2H3,(H,26,28)/b20-11-. The van der Waals surface area contributed by atoms with Crippen molar-refractivity contribution in [1.82, 2.24) is 4.90 Å². The summed E-state index contributed by atoms with van der Waals surface area (Å²) in [6.07, 6.45) is 3.37. The van der Waals surface area contributed by atoms with E-state index in [-0.39, 0.29) is 12.5 Å². The van der Waals surface area contributed by atoms with Gasteiger partial charge in [-0.2, -0.15) is 0 Å². The molecular formula is C23H20Cl2N2O4S2. The number of rotatable bonds is 9. The van der Waals surface area contributed by atoms with Gasteiger partial charge in [0, 0.05) is 11.6 Å². The average Bonchev–Trinajstić information content (AvgIpc) is 3.03. The quantitative estimate of drug-likeness (QED) is 0.255. The molecule has 0 atom stereocenters. The van der Waals surface area contributed by atoms with Crippen LogP contribution in [0.1, 0.15) is 12.5 Å². The zero-order valence-corrected chi connectivity index (χ0v) is 20.7. The van der Waals surface area contributed by atoms with Crippen LogP contribution in [0, 0.1) is 0 Å². The Balaban J connectivity index is 1.71. The summed E-state index contributed by atoms with van der Waals surface area (Å²) in [5.41, 5.74) is 1.17. The number of thioether (sulfide) groups is 1. The first-order valence-electron chi connectivity index (χ1n) is 9.83. The molecule has 6 nitrogen and oxygen atoms in total. The number of benzene rings is 2. The number of hydrogen-bond acceptors (Lipinski definition) is 6. The molecule has 1 heterocycles. The second-order valence-electron chi connectivity index (χ2n) is 6.68. The minimum absolute atomic E-state index is 0.166. The summed E-state index contributed by atoms with van der Waals surface area (Å²) in [6, 6.07) is 9.97. The maximum Gasteiger partial charge on any atom is 0.266 e. The van der Waals surface area contributed by atoms with Crippen LogP contribution in [0.5, 0.6) is 11.5 Å². The zero-order valence-electron chi connectivity index (χ0n) is 17.6. The lowest BCUT2D eigenvalue weighted by Crippen LogP contribution is -2.27. The third kappa shape index (κ3) is 6.51. The van der Waals surface area contributed by atoms with Crippen LogP contribution in [0.3, 0.4) is 0 Å². The fourth-order valence-corrected chi connectivity index (χ4v) is 4.59. The number of ether oxygens (including phenoxy) is 2. The molecule has 0 unspecified atom stereocenters. The molecule has 0 bridgehead atoms. The topological polar surface area (TPSA) is 67.9 Å². The summed E-state index contributed by atoms with van der Waals surface area (Å²) in [5, 5.41) is 3.47. The van der Waals surface area contributed by atoms with Crippen molar-refractivity contribution in [3.8, 4) is 11.5 Å². The molecule has 1 N–H and O–H groups in total. The van der Waals surface area contributed by atoms with Crippen molar-refractivity contribution in [1.29, 1.82) is 0 Å². The molecule has 0 aliphatic carbocycles. The molecule has 10 heteroatoms. The van der Waals surface area contributed by atoms with E-state index in [4.69, 9.17) is 44.9 Å². The maximum atomic E-state index is 12.5. The van der Waals surface area contributed by atoms with Gasteiger partial charge in [-0.05, 0) is 48.9 Å². The molecule has 0 spiro atoms. The zero-order chi connectivity index (χ0) is 24.0. The van der Waals surface area contributed by atoms with E-state index < -0.39 is 5.91 Å². The second-order valence-corrected chi connectivity index (χ2v) is 9.20. The number of hydrogen-bond donors (Lipinski definition) is 1. The molecule has 3 rings (SSSR count). The molecule has 1 fully saturated rings.